The third-order valence-corrected chi connectivity index (χ3v) is 4.22. The SMILES string of the molecule is CCN(CCNC(=NC)N1CCCC(CC(N)=O)C1)C(=O)OC(C)(C)C.I. The van der Waals surface area contributed by atoms with Gasteiger partial charge in [-0.05, 0) is 46.5 Å². The van der Waals surface area contributed by atoms with Crippen LogP contribution in [0, 0.1) is 5.92 Å². The maximum absolute atomic E-state index is 12.2. The van der Waals surface area contributed by atoms with E-state index in [4.69, 9.17) is 10.5 Å². The summed E-state index contributed by atoms with van der Waals surface area (Å²) in [5.41, 5.74) is 4.82. The van der Waals surface area contributed by atoms with Crippen LogP contribution in [-0.2, 0) is 9.53 Å². The van der Waals surface area contributed by atoms with Crippen LogP contribution in [0.3, 0.4) is 0 Å². The monoisotopic (exact) mass is 497 g/mol. The highest BCUT2D eigenvalue weighted by Crippen LogP contribution is 2.19. The first-order valence-electron chi connectivity index (χ1n) is 9.38. The third-order valence-electron chi connectivity index (χ3n) is 4.22. The normalized spacial score (nSPS) is 17.7. The molecule has 1 fully saturated rings. The van der Waals surface area contributed by atoms with Gasteiger partial charge in [0, 0.05) is 46.2 Å². The first-order valence-corrected chi connectivity index (χ1v) is 9.38. The van der Waals surface area contributed by atoms with Gasteiger partial charge in [0.05, 0.1) is 0 Å². The lowest BCUT2D eigenvalue weighted by atomic mass is 9.95. The predicted molar refractivity (Wildman–Crippen MR) is 118 cm³/mol. The van der Waals surface area contributed by atoms with Crippen LogP contribution >= 0.6 is 24.0 Å². The molecule has 27 heavy (non-hydrogen) atoms. The number of guanidine groups is 1. The van der Waals surface area contributed by atoms with Crippen LogP contribution in [0.2, 0.25) is 0 Å². The van der Waals surface area contributed by atoms with Crippen molar-refractivity contribution in [1.82, 2.24) is 15.1 Å². The van der Waals surface area contributed by atoms with E-state index in [9.17, 15) is 9.59 Å². The van der Waals surface area contributed by atoms with E-state index in [0.29, 0.717) is 26.1 Å². The average Bonchev–Trinajstić information content (AvgIpc) is 2.53. The molecule has 0 aromatic heterocycles. The number of piperidine rings is 1. The van der Waals surface area contributed by atoms with Gasteiger partial charge in [0.15, 0.2) is 5.96 Å². The summed E-state index contributed by atoms with van der Waals surface area (Å²) < 4.78 is 5.42. The Kier molecular flexibility index (Phi) is 11.7. The standard InChI is InChI=1S/C18H35N5O3.HI/c1-6-22(17(25)26-18(2,3)4)11-9-21-16(20-5)23-10-7-8-14(13-23)12-15(19)24;/h14H,6-13H2,1-5H3,(H2,19,24)(H,20,21);1H. The topological polar surface area (TPSA) is 100 Å². The second-order valence-electron chi connectivity index (χ2n) is 7.66. The molecule has 1 unspecified atom stereocenters. The first kappa shape index (κ1) is 25.7. The van der Waals surface area contributed by atoms with Crippen molar-refractivity contribution in [2.24, 2.45) is 16.6 Å². The molecule has 0 spiro atoms. The molecular formula is C18H36IN5O3. The number of likely N-dealkylation sites (N-methyl/N-ethyl adjacent to an activating group) is 1. The number of nitrogens with one attached hydrogen (secondary N) is 1. The fraction of sp³-hybridized carbons (Fsp3) is 0.833. The summed E-state index contributed by atoms with van der Waals surface area (Å²) in [4.78, 5) is 31.5. The number of primary amides is 1. The number of halogens is 1. The van der Waals surface area contributed by atoms with Crippen molar-refractivity contribution in [3.63, 3.8) is 0 Å². The van der Waals surface area contributed by atoms with Gasteiger partial charge < -0.3 is 25.6 Å². The molecule has 0 aromatic rings. The lowest BCUT2D eigenvalue weighted by Crippen LogP contribution is -2.49. The number of ether oxygens (including phenoxy) is 1. The van der Waals surface area contributed by atoms with Crippen molar-refractivity contribution < 1.29 is 14.3 Å². The van der Waals surface area contributed by atoms with E-state index >= 15 is 0 Å². The van der Waals surface area contributed by atoms with Gasteiger partial charge in [0.1, 0.15) is 5.60 Å². The molecule has 1 saturated heterocycles. The van der Waals surface area contributed by atoms with Crippen LogP contribution in [0.5, 0.6) is 0 Å². The molecule has 0 aromatic carbocycles. The maximum atomic E-state index is 12.2. The van der Waals surface area contributed by atoms with E-state index in [-0.39, 0.29) is 41.9 Å². The van der Waals surface area contributed by atoms with Crippen LogP contribution < -0.4 is 11.1 Å². The molecule has 0 radical (unpaired) electrons. The molecule has 1 heterocycles. The minimum absolute atomic E-state index is 0. The number of aliphatic imine (C=N–C) groups is 1. The number of hydrogen-bond donors (Lipinski definition) is 2. The zero-order valence-electron chi connectivity index (χ0n) is 17.3. The lowest BCUT2D eigenvalue weighted by Gasteiger charge is -2.35. The van der Waals surface area contributed by atoms with Gasteiger partial charge in [-0.1, -0.05) is 0 Å². The average molecular weight is 497 g/mol. The third kappa shape index (κ3) is 10.0. The largest absolute Gasteiger partial charge is 0.444 e. The molecule has 0 aliphatic carbocycles. The summed E-state index contributed by atoms with van der Waals surface area (Å²) in [5.74, 6) is 0.809. The first-order chi connectivity index (χ1) is 12.2. The van der Waals surface area contributed by atoms with E-state index in [2.05, 4.69) is 15.2 Å². The van der Waals surface area contributed by atoms with E-state index < -0.39 is 5.60 Å². The van der Waals surface area contributed by atoms with Crippen LogP contribution in [-0.4, -0.2) is 73.1 Å². The lowest BCUT2D eigenvalue weighted by molar-refractivity contribution is -0.119. The molecule has 8 nitrogen and oxygen atoms in total. The van der Waals surface area contributed by atoms with Gasteiger partial charge >= 0.3 is 6.09 Å². The quantitative estimate of drug-likeness (QED) is 0.332. The highest BCUT2D eigenvalue weighted by Gasteiger charge is 2.24. The predicted octanol–water partition coefficient (Wildman–Crippen LogP) is 2.02. The van der Waals surface area contributed by atoms with E-state index in [1.807, 2.05) is 27.7 Å². The van der Waals surface area contributed by atoms with Crippen LogP contribution in [0.25, 0.3) is 0 Å². The Labute approximate surface area is 180 Å². The van der Waals surface area contributed by atoms with Crippen molar-refractivity contribution in [3.05, 3.63) is 0 Å². The highest BCUT2D eigenvalue weighted by molar-refractivity contribution is 14.0. The van der Waals surface area contributed by atoms with Crippen molar-refractivity contribution in [2.45, 2.75) is 52.6 Å². The van der Waals surface area contributed by atoms with E-state index in [1.54, 1.807) is 11.9 Å². The molecule has 2 amide bonds. The number of nitrogens with zero attached hydrogens (tertiary/aromatic N) is 3. The van der Waals surface area contributed by atoms with Gasteiger partial charge in [0.25, 0.3) is 0 Å². The summed E-state index contributed by atoms with van der Waals surface area (Å²) >= 11 is 0. The van der Waals surface area contributed by atoms with Crippen LogP contribution in [0.4, 0.5) is 4.79 Å². The Bertz CT molecular complexity index is 508. The molecular weight excluding hydrogens is 461 g/mol. The second-order valence-corrected chi connectivity index (χ2v) is 7.66. The zero-order valence-corrected chi connectivity index (χ0v) is 19.6. The summed E-state index contributed by atoms with van der Waals surface area (Å²) in [6, 6.07) is 0. The number of hydrogen-bond acceptors (Lipinski definition) is 4. The minimum Gasteiger partial charge on any atom is -0.444 e. The van der Waals surface area contributed by atoms with Crippen molar-refractivity contribution in [2.75, 3.05) is 39.8 Å². The van der Waals surface area contributed by atoms with Gasteiger partial charge in [-0.3, -0.25) is 9.79 Å². The maximum Gasteiger partial charge on any atom is 0.410 e. The van der Waals surface area contributed by atoms with Crippen molar-refractivity contribution in [1.29, 1.82) is 0 Å². The number of carbonyl (C=O) groups excluding carboxylic acids is 2. The highest BCUT2D eigenvalue weighted by atomic mass is 127. The summed E-state index contributed by atoms with van der Waals surface area (Å²) in [5, 5.41) is 3.31. The van der Waals surface area contributed by atoms with Gasteiger partial charge in [-0.25, -0.2) is 4.79 Å². The number of amides is 2. The van der Waals surface area contributed by atoms with Crippen molar-refractivity contribution in [3.8, 4) is 0 Å². The van der Waals surface area contributed by atoms with Crippen LogP contribution in [0.15, 0.2) is 4.99 Å². The van der Waals surface area contributed by atoms with E-state index in [1.165, 1.54) is 0 Å². The van der Waals surface area contributed by atoms with E-state index in [0.717, 1.165) is 31.9 Å². The molecule has 1 aliphatic heterocycles. The van der Waals surface area contributed by atoms with Gasteiger partial charge in [0.2, 0.25) is 5.91 Å². The Morgan fingerprint density at radius 2 is 2.04 bits per heavy atom. The Morgan fingerprint density at radius 1 is 1.37 bits per heavy atom. The summed E-state index contributed by atoms with van der Waals surface area (Å²) in [6.07, 6.45) is 2.13. The molecule has 1 aliphatic rings. The van der Waals surface area contributed by atoms with Gasteiger partial charge in [-0.2, -0.15) is 0 Å². The molecule has 158 valence electrons. The second kappa shape index (κ2) is 12.2. The fourth-order valence-electron chi connectivity index (χ4n) is 3.05. The molecule has 0 saturated carbocycles. The molecule has 9 heteroatoms. The number of carbonyl (C=O) groups is 2. The molecule has 3 N–H and O–H groups in total. The number of nitrogens with two attached hydrogens (primary N) is 1. The summed E-state index contributed by atoms with van der Waals surface area (Å²) in [7, 11) is 1.74. The molecule has 0 bridgehead atoms. The zero-order chi connectivity index (χ0) is 19.7. The Morgan fingerprint density at radius 3 is 2.56 bits per heavy atom. The van der Waals surface area contributed by atoms with Crippen molar-refractivity contribution >= 4 is 41.9 Å². The Hall–Kier alpha value is -1.26. The minimum atomic E-state index is -0.503. The fourth-order valence-corrected chi connectivity index (χ4v) is 3.05. The Balaban J connectivity index is 0.00000676. The number of likely N-dealkylation sites (tertiary alicyclic amines) is 1. The summed E-state index contributed by atoms with van der Waals surface area (Å²) in [6.45, 7) is 10.9. The molecule has 1 rings (SSSR count). The smallest absolute Gasteiger partial charge is 0.410 e. The van der Waals surface area contributed by atoms with Crippen LogP contribution in [0.1, 0.15) is 47.0 Å². The molecule has 1 atom stereocenters. The number of rotatable bonds is 6. The van der Waals surface area contributed by atoms with Gasteiger partial charge in [-0.15, -0.1) is 24.0 Å².